The number of aliphatic imine (C=N–C) groups is 1. The fourth-order valence-corrected chi connectivity index (χ4v) is 7.63. The quantitative estimate of drug-likeness (QED) is 0.0375. The highest BCUT2D eigenvalue weighted by molar-refractivity contribution is 6.00. The number of ether oxygens (including phenoxy) is 1. The maximum Gasteiger partial charge on any atom is 0.326 e. The fraction of sp³-hybridized carbons (Fsp3) is 0.451. The summed E-state index contributed by atoms with van der Waals surface area (Å²) in [6, 6.07) is 6.12. The average Bonchev–Trinajstić information content (AvgIpc) is 3.35. The van der Waals surface area contributed by atoms with Gasteiger partial charge in [-0.25, -0.2) is 9.59 Å². The van der Waals surface area contributed by atoms with Gasteiger partial charge < -0.3 is 68.3 Å². The van der Waals surface area contributed by atoms with Crippen LogP contribution in [-0.2, 0) is 60.7 Å². The van der Waals surface area contributed by atoms with Crippen LogP contribution in [0.1, 0.15) is 70.9 Å². The van der Waals surface area contributed by atoms with Crippen LogP contribution in [0.25, 0.3) is 0 Å². The Morgan fingerprint density at radius 2 is 1.46 bits per heavy atom. The minimum atomic E-state index is -1.93. The number of carbonyl (C=O) groups excluding carboxylic acids is 7. The lowest BCUT2D eigenvalue weighted by Gasteiger charge is -2.27. The van der Waals surface area contributed by atoms with Crippen molar-refractivity contribution in [2.24, 2.45) is 28.3 Å². The second-order valence-corrected chi connectivity index (χ2v) is 18.1. The molecule has 1 heterocycles. The lowest BCUT2D eigenvalue weighted by molar-refractivity contribution is -0.144. The first-order chi connectivity index (χ1) is 34.9. The summed E-state index contributed by atoms with van der Waals surface area (Å²) in [5.41, 5.74) is 12.7. The van der Waals surface area contributed by atoms with Crippen molar-refractivity contribution in [2.45, 2.75) is 115 Å². The van der Waals surface area contributed by atoms with Gasteiger partial charge in [0.25, 0.3) is 5.91 Å². The molecule has 7 amide bonds. The summed E-state index contributed by atoms with van der Waals surface area (Å²) in [5.74, 6) is -11.4. The number of allylic oxidation sites excluding steroid dienone is 2. The number of carboxylic acid groups (broad SMARTS) is 2. The molecule has 9 atom stereocenters. The predicted molar refractivity (Wildman–Crippen MR) is 272 cm³/mol. The van der Waals surface area contributed by atoms with E-state index in [0.717, 1.165) is 10.5 Å². The van der Waals surface area contributed by atoms with Gasteiger partial charge in [0.05, 0.1) is 24.5 Å². The van der Waals surface area contributed by atoms with Crippen LogP contribution in [-0.4, -0.2) is 143 Å². The van der Waals surface area contributed by atoms with Crippen LogP contribution < -0.4 is 43.4 Å². The number of hydrogen-bond acceptors (Lipinski definition) is 12. The molecule has 9 unspecified atom stereocenters. The van der Waals surface area contributed by atoms with Crippen molar-refractivity contribution in [1.82, 2.24) is 36.8 Å². The minimum absolute atomic E-state index is 0.00622. The molecule has 1 fully saturated rings. The first kappa shape index (κ1) is 60.2. The summed E-state index contributed by atoms with van der Waals surface area (Å²) in [6.45, 7) is 10.1. The van der Waals surface area contributed by atoms with E-state index in [1.807, 2.05) is 43.3 Å². The predicted octanol–water partition coefficient (Wildman–Crippen LogP) is 0.275. The van der Waals surface area contributed by atoms with E-state index in [-0.39, 0.29) is 49.5 Å². The SMILES string of the molecule is C=C1C(=O)NC(C)C(=O)NC(Cc2ccc(O)cc2)C(=O)NC(C(=O)O)CC(=O)NC(CCCN=C(N)N)C(=O)NC(C=CC(C)=CC(C)C(Cc2ccccc2)OC)C(C)C(=O)NC(C(=O)O)CCC(=O)N1C. The zero-order chi connectivity index (χ0) is 55.2. The van der Waals surface area contributed by atoms with Crippen molar-refractivity contribution in [3.8, 4) is 5.75 Å². The van der Waals surface area contributed by atoms with Crippen molar-refractivity contribution >= 4 is 59.2 Å². The number of likely N-dealkylation sites (N-methyl/N-ethyl adjacent to an activating group) is 1. The van der Waals surface area contributed by atoms with Crippen molar-refractivity contribution < 1.29 is 63.2 Å². The van der Waals surface area contributed by atoms with Crippen molar-refractivity contribution in [2.75, 3.05) is 20.7 Å². The van der Waals surface area contributed by atoms with Crippen molar-refractivity contribution in [3.63, 3.8) is 0 Å². The lowest BCUT2D eigenvalue weighted by atomic mass is 9.94. The zero-order valence-electron chi connectivity index (χ0n) is 42.5. The van der Waals surface area contributed by atoms with E-state index in [4.69, 9.17) is 16.2 Å². The Labute approximate surface area is 429 Å². The van der Waals surface area contributed by atoms with Crippen LogP contribution in [0.2, 0.25) is 0 Å². The van der Waals surface area contributed by atoms with Crippen LogP contribution in [0.15, 0.2) is 95.7 Å². The van der Waals surface area contributed by atoms with Crippen molar-refractivity contribution in [1.29, 1.82) is 0 Å². The number of phenolic OH excluding ortho intramolecular Hbond substituents is 1. The van der Waals surface area contributed by atoms with E-state index >= 15 is 0 Å². The Morgan fingerprint density at radius 1 is 0.838 bits per heavy atom. The Kier molecular flexibility index (Phi) is 24.0. The summed E-state index contributed by atoms with van der Waals surface area (Å²) in [6.07, 6.45) is 3.30. The highest BCUT2D eigenvalue weighted by atomic mass is 16.5. The number of aromatic hydroxyl groups is 1. The molecular weight excluding hydrogens is 961 g/mol. The minimum Gasteiger partial charge on any atom is -0.508 e. The molecule has 2 aromatic rings. The number of benzene rings is 2. The largest absolute Gasteiger partial charge is 0.508 e. The maximum atomic E-state index is 14.3. The number of carboxylic acids is 2. The maximum absolute atomic E-state index is 14.3. The number of nitrogens with zero attached hydrogens (tertiary/aromatic N) is 2. The number of amides is 7. The van der Waals surface area contributed by atoms with Gasteiger partial charge in [-0.3, -0.25) is 38.6 Å². The van der Waals surface area contributed by atoms with E-state index in [9.17, 15) is 58.5 Å². The van der Waals surface area contributed by atoms with Gasteiger partial charge >= 0.3 is 11.9 Å². The average molecular weight is 1030 g/mol. The standard InChI is InChI=1S/C51H70N10O13/c1-28(24-29(2)41(74-7)26-33-12-9-8-10-13-33)15-20-36-30(3)44(65)58-38(49(70)71)21-22-43(64)61(6)32(5)46(67)55-31(4)45(66)59-39(25-34-16-18-35(62)19-17-34)48(69)60-40(50(72)73)27-42(63)56-37(47(68)57-36)14-11-23-54-51(52)53/h8-10,12-13,15-20,24,29-31,36-41,62H,5,11,14,21-23,25-27H2,1-4,6-7H3,(H,55,67)(H,56,63)(H,57,68)(H,58,65)(H,59,66)(H,60,69)(H,70,71)(H,72,73)(H4,52,53,54). The van der Waals surface area contributed by atoms with Gasteiger partial charge in [0.2, 0.25) is 35.4 Å². The normalized spacial score (nSPS) is 23.6. The van der Waals surface area contributed by atoms with E-state index < -0.39 is 120 Å². The lowest BCUT2D eigenvalue weighted by Crippen LogP contribution is -2.57. The van der Waals surface area contributed by atoms with Crippen molar-refractivity contribution in [3.05, 3.63) is 102 Å². The molecule has 0 bridgehead atoms. The molecule has 0 spiro atoms. The topological polar surface area (TPSA) is 363 Å². The van der Waals surface area contributed by atoms with Crippen LogP contribution in [0.4, 0.5) is 0 Å². The molecule has 0 aliphatic carbocycles. The summed E-state index contributed by atoms with van der Waals surface area (Å²) < 4.78 is 5.81. The molecule has 23 heteroatoms. The Bertz CT molecular complexity index is 2420. The zero-order valence-corrected chi connectivity index (χ0v) is 42.5. The third kappa shape index (κ3) is 19.8. The summed E-state index contributed by atoms with van der Waals surface area (Å²) in [7, 11) is 2.80. The number of hydrogen-bond donors (Lipinski definition) is 11. The van der Waals surface area contributed by atoms with E-state index in [1.165, 1.54) is 51.2 Å². The molecule has 0 aromatic heterocycles. The third-order valence-corrected chi connectivity index (χ3v) is 12.2. The van der Waals surface area contributed by atoms with Gasteiger partial charge in [0.1, 0.15) is 41.7 Å². The molecule has 402 valence electrons. The Morgan fingerprint density at radius 3 is 2.07 bits per heavy atom. The smallest absolute Gasteiger partial charge is 0.326 e. The molecule has 1 saturated heterocycles. The summed E-state index contributed by atoms with van der Waals surface area (Å²) >= 11 is 0. The number of guanidine groups is 1. The summed E-state index contributed by atoms with van der Waals surface area (Å²) in [5, 5.41) is 45.1. The highest BCUT2D eigenvalue weighted by Crippen LogP contribution is 2.19. The molecule has 3 rings (SSSR count). The number of carbonyl (C=O) groups is 9. The van der Waals surface area contributed by atoms with Crippen LogP contribution in [0.5, 0.6) is 5.75 Å². The second kappa shape index (κ2) is 29.4. The molecule has 1 aliphatic rings. The van der Waals surface area contributed by atoms with E-state index in [2.05, 4.69) is 43.5 Å². The van der Waals surface area contributed by atoms with Gasteiger partial charge in [-0.15, -0.1) is 0 Å². The van der Waals surface area contributed by atoms with Gasteiger partial charge in [0.15, 0.2) is 5.96 Å². The number of aliphatic carboxylic acids is 2. The molecule has 1 aliphatic heterocycles. The Balaban J connectivity index is 2.11. The van der Waals surface area contributed by atoms with Crippen LogP contribution in [0.3, 0.4) is 0 Å². The Hall–Kier alpha value is -8.08. The molecule has 74 heavy (non-hydrogen) atoms. The molecular formula is C51H70N10O13. The fourth-order valence-electron chi connectivity index (χ4n) is 7.63. The number of nitrogens with one attached hydrogen (secondary N) is 6. The highest BCUT2D eigenvalue weighted by Gasteiger charge is 2.34. The number of nitrogens with two attached hydrogens (primary N) is 2. The molecule has 13 N–H and O–H groups in total. The van der Waals surface area contributed by atoms with E-state index in [1.54, 1.807) is 20.1 Å². The van der Waals surface area contributed by atoms with Gasteiger partial charge in [-0.2, -0.15) is 0 Å². The number of rotatable bonds is 15. The monoisotopic (exact) mass is 1030 g/mol. The number of methoxy groups -OCH3 is 1. The third-order valence-electron chi connectivity index (χ3n) is 12.2. The van der Waals surface area contributed by atoms with Gasteiger partial charge in [0, 0.05) is 39.5 Å². The first-order valence-electron chi connectivity index (χ1n) is 23.9. The van der Waals surface area contributed by atoms with Gasteiger partial charge in [-0.1, -0.05) is 86.7 Å². The second-order valence-electron chi connectivity index (χ2n) is 18.1. The number of phenols is 1. The summed E-state index contributed by atoms with van der Waals surface area (Å²) in [4.78, 5) is 126. The molecule has 0 radical (unpaired) electrons. The van der Waals surface area contributed by atoms with E-state index in [0.29, 0.717) is 17.6 Å². The molecule has 0 saturated carbocycles. The van der Waals surface area contributed by atoms with Crippen LogP contribution >= 0.6 is 0 Å². The van der Waals surface area contributed by atoms with Gasteiger partial charge in [-0.05, 0) is 62.8 Å². The molecule has 23 nitrogen and oxygen atoms in total. The molecule has 2 aromatic carbocycles. The first-order valence-corrected chi connectivity index (χ1v) is 23.9. The van der Waals surface area contributed by atoms with Crippen LogP contribution in [0, 0.1) is 11.8 Å².